The molecule has 6 heteroatoms. The third kappa shape index (κ3) is 1.80. The highest BCUT2D eigenvalue weighted by molar-refractivity contribution is 5.81. The molecule has 6 nitrogen and oxygen atoms in total. The third-order valence-corrected chi connectivity index (χ3v) is 4.15. The number of carbonyl (C=O) groups excluding carboxylic acids is 1. The van der Waals surface area contributed by atoms with E-state index in [1.807, 2.05) is 11.8 Å². The van der Waals surface area contributed by atoms with Gasteiger partial charge in [-0.2, -0.15) is 5.10 Å². The summed E-state index contributed by atoms with van der Waals surface area (Å²) in [7, 11) is 0. The Balaban J connectivity index is 1.77. The van der Waals surface area contributed by atoms with Crippen molar-refractivity contribution in [2.75, 3.05) is 0 Å². The number of amides is 1. The van der Waals surface area contributed by atoms with Crippen molar-refractivity contribution in [3.8, 4) is 0 Å². The summed E-state index contributed by atoms with van der Waals surface area (Å²) >= 11 is 0. The first-order valence-electron chi connectivity index (χ1n) is 6.51. The Morgan fingerprint density at radius 1 is 1.39 bits per heavy atom. The molecular formula is C12H18N4O2. The number of carbonyl (C=O) groups is 1. The maximum absolute atomic E-state index is 12.5. The van der Waals surface area contributed by atoms with Crippen LogP contribution < -0.4 is 0 Å². The third-order valence-electron chi connectivity index (χ3n) is 4.15. The number of rotatable bonds is 2. The molecule has 3 atom stereocenters. The zero-order valence-electron chi connectivity index (χ0n) is 10.4. The first kappa shape index (κ1) is 11.6. The molecule has 98 valence electrons. The summed E-state index contributed by atoms with van der Waals surface area (Å²) in [6.45, 7) is 1.85. The first-order valence-corrected chi connectivity index (χ1v) is 6.51. The van der Waals surface area contributed by atoms with E-state index in [0.29, 0.717) is 12.8 Å². The predicted octanol–water partition coefficient (Wildman–Crippen LogP) is 0.353. The van der Waals surface area contributed by atoms with Gasteiger partial charge in [0.15, 0.2) is 0 Å². The number of fused-ring (bicyclic) bond motifs is 2. The molecule has 2 bridgehead atoms. The summed E-state index contributed by atoms with van der Waals surface area (Å²) in [5.41, 5.74) is 0. The lowest BCUT2D eigenvalue weighted by Crippen LogP contribution is -2.50. The number of hydrogen-bond acceptors (Lipinski definition) is 4. The van der Waals surface area contributed by atoms with Crippen molar-refractivity contribution in [3.05, 3.63) is 12.7 Å². The van der Waals surface area contributed by atoms with Gasteiger partial charge in [-0.1, -0.05) is 0 Å². The van der Waals surface area contributed by atoms with Crippen molar-refractivity contribution in [2.24, 2.45) is 0 Å². The minimum Gasteiger partial charge on any atom is -0.393 e. The van der Waals surface area contributed by atoms with Crippen molar-refractivity contribution in [2.45, 2.75) is 56.8 Å². The molecular weight excluding hydrogens is 232 g/mol. The van der Waals surface area contributed by atoms with Crippen LogP contribution in [0.5, 0.6) is 0 Å². The van der Waals surface area contributed by atoms with Crippen LogP contribution >= 0.6 is 0 Å². The molecule has 18 heavy (non-hydrogen) atoms. The number of hydrogen-bond donors (Lipinski definition) is 1. The number of aliphatic hydroxyl groups is 1. The van der Waals surface area contributed by atoms with Crippen LogP contribution in [-0.2, 0) is 4.79 Å². The van der Waals surface area contributed by atoms with E-state index in [0.717, 1.165) is 12.8 Å². The molecule has 2 aliphatic heterocycles. The molecule has 1 amide bonds. The molecule has 1 N–H and O–H groups in total. The minimum absolute atomic E-state index is 0.0971. The lowest BCUT2D eigenvalue weighted by atomic mass is 9.99. The van der Waals surface area contributed by atoms with Crippen molar-refractivity contribution >= 4 is 5.91 Å². The standard InChI is InChI=1S/C12H18N4O2/c1-8(15-7-13-6-14-15)12(18)16-9-2-3-10(16)5-11(17)4-9/h6-11,17H,2-5H2,1H3. The molecule has 0 aliphatic carbocycles. The van der Waals surface area contributed by atoms with Crippen molar-refractivity contribution < 1.29 is 9.90 Å². The molecule has 1 aromatic rings. The largest absolute Gasteiger partial charge is 0.393 e. The number of aliphatic hydroxyl groups excluding tert-OH is 1. The lowest BCUT2D eigenvalue weighted by Gasteiger charge is -2.38. The molecule has 2 fully saturated rings. The van der Waals surface area contributed by atoms with Crippen LogP contribution in [0.1, 0.15) is 38.6 Å². The maximum atomic E-state index is 12.5. The second-order valence-electron chi connectivity index (χ2n) is 5.31. The molecule has 0 aromatic carbocycles. The van der Waals surface area contributed by atoms with Gasteiger partial charge < -0.3 is 10.0 Å². The van der Waals surface area contributed by atoms with Crippen LogP contribution in [0.3, 0.4) is 0 Å². The highest BCUT2D eigenvalue weighted by Gasteiger charge is 2.44. The van der Waals surface area contributed by atoms with E-state index in [-0.39, 0.29) is 30.1 Å². The van der Waals surface area contributed by atoms with E-state index in [2.05, 4.69) is 10.1 Å². The van der Waals surface area contributed by atoms with Gasteiger partial charge in [-0.3, -0.25) is 4.79 Å². The monoisotopic (exact) mass is 250 g/mol. The quantitative estimate of drug-likeness (QED) is 0.822. The summed E-state index contributed by atoms with van der Waals surface area (Å²) in [5, 5.41) is 13.8. The zero-order chi connectivity index (χ0) is 12.7. The van der Waals surface area contributed by atoms with Gasteiger partial charge in [0.1, 0.15) is 18.7 Å². The minimum atomic E-state index is -0.314. The molecule has 3 rings (SSSR count). The van der Waals surface area contributed by atoms with Crippen LogP contribution in [0.4, 0.5) is 0 Å². The van der Waals surface area contributed by atoms with Gasteiger partial charge >= 0.3 is 0 Å². The van der Waals surface area contributed by atoms with Crippen molar-refractivity contribution in [3.63, 3.8) is 0 Å². The Bertz CT molecular complexity index is 419. The van der Waals surface area contributed by atoms with Gasteiger partial charge in [-0.25, -0.2) is 9.67 Å². The predicted molar refractivity (Wildman–Crippen MR) is 63.6 cm³/mol. The topological polar surface area (TPSA) is 71.2 Å². The fraction of sp³-hybridized carbons (Fsp3) is 0.750. The Labute approximate surface area is 106 Å². The Hall–Kier alpha value is -1.43. The number of nitrogens with zero attached hydrogens (tertiary/aromatic N) is 4. The van der Waals surface area contributed by atoms with E-state index < -0.39 is 0 Å². The molecule has 2 aliphatic rings. The van der Waals surface area contributed by atoms with Crippen LogP contribution in [0, 0.1) is 0 Å². The van der Waals surface area contributed by atoms with Crippen LogP contribution in [0.2, 0.25) is 0 Å². The van der Waals surface area contributed by atoms with Gasteiger partial charge in [0.05, 0.1) is 6.10 Å². The zero-order valence-corrected chi connectivity index (χ0v) is 10.4. The number of piperidine rings is 1. The number of aromatic nitrogens is 3. The highest BCUT2D eigenvalue weighted by Crippen LogP contribution is 2.37. The van der Waals surface area contributed by atoms with Crippen molar-refractivity contribution in [1.29, 1.82) is 0 Å². The fourth-order valence-corrected chi connectivity index (χ4v) is 3.25. The van der Waals surface area contributed by atoms with E-state index in [1.54, 1.807) is 11.0 Å². The molecule has 3 heterocycles. The summed E-state index contributed by atoms with van der Waals surface area (Å²) in [6, 6.07) is 0.0975. The molecule has 0 saturated carbocycles. The second kappa shape index (κ2) is 4.35. The summed E-state index contributed by atoms with van der Waals surface area (Å²) in [5.74, 6) is 0.0971. The van der Waals surface area contributed by atoms with Crippen LogP contribution in [0.15, 0.2) is 12.7 Å². The average Bonchev–Trinajstić information content (AvgIpc) is 2.95. The van der Waals surface area contributed by atoms with E-state index in [9.17, 15) is 9.90 Å². The Morgan fingerprint density at radius 3 is 2.61 bits per heavy atom. The van der Waals surface area contributed by atoms with E-state index >= 15 is 0 Å². The summed E-state index contributed by atoms with van der Waals surface area (Å²) in [6.07, 6.45) is 6.23. The SMILES string of the molecule is CC(C(=O)N1C2CCC1CC(O)C2)n1cncn1. The second-order valence-corrected chi connectivity index (χ2v) is 5.31. The fourth-order valence-electron chi connectivity index (χ4n) is 3.25. The summed E-state index contributed by atoms with van der Waals surface area (Å²) < 4.78 is 1.59. The first-order chi connectivity index (χ1) is 8.66. The molecule has 2 saturated heterocycles. The van der Waals surface area contributed by atoms with Crippen molar-refractivity contribution in [1.82, 2.24) is 19.7 Å². The lowest BCUT2D eigenvalue weighted by molar-refractivity contribution is -0.140. The smallest absolute Gasteiger partial charge is 0.247 e. The Kier molecular flexibility index (Phi) is 2.81. The van der Waals surface area contributed by atoms with E-state index in [1.165, 1.54) is 6.33 Å². The normalized spacial score (nSPS) is 32.6. The maximum Gasteiger partial charge on any atom is 0.247 e. The van der Waals surface area contributed by atoms with E-state index in [4.69, 9.17) is 0 Å². The Morgan fingerprint density at radius 2 is 2.06 bits per heavy atom. The molecule has 0 spiro atoms. The summed E-state index contributed by atoms with van der Waals surface area (Å²) in [4.78, 5) is 18.4. The van der Waals surface area contributed by atoms with Gasteiger partial charge in [0, 0.05) is 12.1 Å². The average molecular weight is 250 g/mol. The van der Waals surface area contributed by atoms with Crippen LogP contribution in [0.25, 0.3) is 0 Å². The van der Waals surface area contributed by atoms with Gasteiger partial charge in [-0.15, -0.1) is 0 Å². The molecule has 1 aromatic heterocycles. The van der Waals surface area contributed by atoms with Gasteiger partial charge in [0.25, 0.3) is 0 Å². The van der Waals surface area contributed by atoms with Crippen LogP contribution in [-0.4, -0.2) is 48.9 Å². The highest BCUT2D eigenvalue weighted by atomic mass is 16.3. The van der Waals surface area contributed by atoms with Gasteiger partial charge in [-0.05, 0) is 32.6 Å². The van der Waals surface area contributed by atoms with Gasteiger partial charge in [0.2, 0.25) is 5.91 Å². The molecule has 3 unspecified atom stereocenters. The molecule has 0 radical (unpaired) electrons.